The fourth-order valence-corrected chi connectivity index (χ4v) is 2.97. The second kappa shape index (κ2) is 6.38. The Morgan fingerprint density at radius 2 is 2.27 bits per heavy atom. The Hall–Kier alpha value is -1.40. The van der Waals surface area contributed by atoms with Gasteiger partial charge in [-0.25, -0.2) is 0 Å². The molecule has 1 aromatic rings. The van der Waals surface area contributed by atoms with Crippen LogP contribution in [0.25, 0.3) is 0 Å². The summed E-state index contributed by atoms with van der Waals surface area (Å²) in [4.78, 5) is 11.6. The van der Waals surface area contributed by atoms with Crippen LogP contribution < -0.4 is 5.32 Å². The van der Waals surface area contributed by atoms with Crippen molar-refractivity contribution in [2.24, 2.45) is 12.5 Å². The van der Waals surface area contributed by atoms with Crippen molar-refractivity contribution in [3.63, 3.8) is 0 Å². The number of carbonyl (C=O) groups is 1. The van der Waals surface area contributed by atoms with Gasteiger partial charge in [0, 0.05) is 43.9 Å². The van der Waals surface area contributed by atoms with E-state index in [1.165, 1.54) is 0 Å². The highest BCUT2D eigenvalue weighted by Crippen LogP contribution is 2.29. The molecule has 124 valence electrons. The number of carboxylic acid groups (broad SMARTS) is 1. The Balaban J connectivity index is 2.03. The van der Waals surface area contributed by atoms with Crippen LogP contribution in [-0.2, 0) is 28.5 Å². The van der Waals surface area contributed by atoms with Crippen LogP contribution in [0, 0.1) is 5.41 Å². The molecule has 2 heterocycles. The first-order valence-corrected chi connectivity index (χ1v) is 7.79. The molecule has 2 N–H and O–H groups in total. The SMILES string of the molecule is Cn1cc(CNCC2(C(=O)O)CCCOC2)c(C(C)(C)C)n1. The Labute approximate surface area is 131 Å². The summed E-state index contributed by atoms with van der Waals surface area (Å²) in [6.45, 7) is 8.38. The van der Waals surface area contributed by atoms with E-state index in [4.69, 9.17) is 4.74 Å². The molecule has 0 amide bonds. The van der Waals surface area contributed by atoms with Crippen molar-refractivity contribution in [3.05, 3.63) is 17.5 Å². The number of hydrogen-bond donors (Lipinski definition) is 2. The summed E-state index contributed by atoms with van der Waals surface area (Å²) in [6, 6.07) is 0. The third kappa shape index (κ3) is 3.67. The molecule has 22 heavy (non-hydrogen) atoms. The highest BCUT2D eigenvalue weighted by molar-refractivity contribution is 5.75. The Kier molecular flexibility index (Phi) is 4.92. The van der Waals surface area contributed by atoms with Gasteiger partial charge in [-0.2, -0.15) is 5.10 Å². The van der Waals surface area contributed by atoms with Crippen molar-refractivity contribution >= 4 is 5.97 Å². The van der Waals surface area contributed by atoms with Crippen LogP contribution in [0.2, 0.25) is 0 Å². The topological polar surface area (TPSA) is 76.4 Å². The number of nitrogens with one attached hydrogen (secondary N) is 1. The van der Waals surface area contributed by atoms with Crippen LogP contribution in [0.5, 0.6) is 0 Å². The van der Waals surface area contributed by atoms with Crippen molar-refractivity contribution in [2.75, 3.05) is 19.8 Å². The average Bonchev–Trinajstić information content (AvgIpc) is 2.81. The summed E-state index contributed by atoms with van der Waals surface area (Å²) in [5, 5.41) is 17.4. The number of aromatic nitrogens is 2. The van der Waals surface area contributed by atoms with E-state index < -0.39 is 11.4 Å². The number of aliphatic carboxylic acids is 1. The van der Waals surface area contributed by atoms with Gasteiger partial charge in [0.05, 0.1) is 12.3 Å². The maximum Gasteiger partial charge on any atom is 0.313 e. The van der Waals surface area contributed by atoms with Crippen molar-refractivity contribution in [3.8, 4) is 0 Å². The minimum Gasteiger partial charge on any atom is -0.481 e. The highest BCUT2D eigenvalue weighted by atomic mass is 16.5. The third-order valence-corrected chi connectivity index (χ3v) is 4.17. The summed E-state index contributed by atoms with van der Waals surface area (Å²) in [6.07, 6.45) is 3.46. The summed E-state index contributed by atoms with van der Waals surface area (Å²) < 4.78 is 7.21. The van der Waals surface area contributed by atoms with Gasteiger partial charge in [0.1, 0.15) is 5.41 Å². The normalized spacial score (nSPS) is 22.7. The van der Waals surface area contributed by atoms with Crippen LogP contribution >= 0.6 is 0 Å². The van der Waals surface area contributed by atoms with E-state index in [-0.39, 0.29) is 12.0 Å². The molecule has 1 aliphatic heterocycles. The Morgan fingerprint density at radius 1 is 1.55 bits per heavy atom. The number of aryl methyl sites for hydroxylation is 1. The lowest BCUT2D eigenvalue weighted by atomic mass is 9.82. The van der Waals surface area contributed by atoms with Gasteiger partial charge in [0.25, 0.3) is 0 Å². The molecule has 1 fully saturated rings. The molecule has 0 radical (unpaired) electrons. The van der Waals surface area contributed by atoms with Gasteiger partial charge in [-0.1, -0.05) is 20.8 Å². The lowest BCUT2D eigenvalue weighted by Gasteiger charge is -2.33. The maximum atomic E-state index is 11.6. The molecule has 1 saturated heterocycles. The second-order valence-corrected chi connectivity index (χ2v) is 7.27. The molecule has 0 aliphatic carbocycles. The third-order valence-electron chi connectivity index (χ3n) is 4.17. The van der Waals surface area contributed by atoms with Crippen molar-refractivity contribution in [1.29, 1.82) is 0 Å². The summed E-state index contributed by atoms with van der Waals surface area (Å²) in [5.41, 5.74) is 1.33. The minimum absolute atomic E-state index is 0.0310. The molecule has 0 spiro atoms. The van der Waals surface area contributed by atoms with E-state index in [2.05, 4.69) is 31.2 Å². The zero-order chi connectivity index (χ0) is 16.4. The molecule has 1 aromatic heterocycles. The first kappa shape index (κ1) is 17.0. The second-order valence-electron chi connectivity index (χ2n) is 7.27. The van der Waals surface area contributed by atoms with Gasteiger partial charge in [-0.15, -0.1) is 0 Å². The van der Waals surface area contributed by atoms with E-state index in [0.29, 0.717) is 26.1 Å². The molecule has 6 nitrogen and oxygen atoms in total. The highest BCUT2D eigenvalue weighted by Gasteiger charge is 2.40. The monoisotopic (exact) mass is 309 g/mol. The zero-order valence-corrected chi connectivity index (χ0v) is 14.0. The lowest BCUT2D eigenvalue weighted by molar-refractivity contribution is -0.156. The van der Waals surface area contributed by atoms with Crippen LogP contribution in [-0.4, -0.2) is 40.6 Å². The van der Waals surface area contributed by atoms with Crippen LogP contribution in [0.4, 0.5) is 0 Å². The van der Waals surface area contributed by atoms with E-state index in [1.54, 1.807) is 0 Å². The predicted molar refractivity (Wildman–Crippen MR) is 83.7 cm³/mol. The smallest absolute Gasteiger partial charge is 0.313 e. The molecular formula is C16H27N3O3. The van der Waals surface area contributed by atoms with Gasteiger partial charge in [-0.3, -0.25) is 9.48 Å². The fourth-order valence-electron chi connectivity index (χ4n) is 2.97. The Bertz CT molecular complexity index is 525. The van der Waals surface area contributed by atoms with Crippen molar-refractivity contribution in [2.45, 2.75) is 45.6 Å². The van der Waals surface area contributed by atoms with Gasteiger partial charge in [-0.05, 0) is 12.8 Å². The van der Waals surface area contributed by atoms with Crippen LogP contribution in [0.15, 0.2) is 6.20 Å². The predicted octanol–water partition coefficient (Wildman–Crippen LogP) is 1.69. The molecule has 2 rings (SSSR count). The summed E-state index contributed by atoms with van der Waals surface area (Å²) in [5.74, 6) is -0.776. The number of hydrogen-bond acceptors (Lipinski definition) is 4. The Morgan fingerprint density at radius 3 is 2.82 bits per heavy atom. The summed E-state index contributed by atoms with van der Waals surface area (Å²) >= 11 is 0. The maximum absolute atomic E-state index is 11.6. The van der Waals surface area contributed by atoms with Gasteiger partial charge < -0.3 is 15.2 Å². The quantitative estimate of drug-likeness (QED) is 0.865. The summed E-state index contributed by atoms with van der Waals surface area (Å²) in [7, 11) is 1.91. The van der Waals surface area contributed by atoms with E-state index in [1.807, 2.05) is 17.9 Å². The standard InChI is InChI=1S/C16H27N3O3/c1-15(2,3)13-12(9-19(4)18-13)8-17-10-16(14(20)21)6-5-7-22-11-16/h9,17H,5-8,10-11H2,1-4H3,(H,20,21). The van der Waals surface area contributed by atoms with Gasteiger partial charge >= 0.3 is 5.97 Å². The average molecular weight is 309 g/mol. The van der Waals surface area contributed by atoms with E-state index in [9.17, 15) is 9.90 Å². The molecule has 1 unspecified atom stereocenters. The van der Waals surface area contributed by atoms with Crippen LogP contribution in [0.3, 0.4) is 0 Å². The molecule has 1 atom stereocenters. The largest absolute Gasteiger partial charge is 0.481 e. The molecule has 0 bridgehead atoms. The lowest BCUT2D eigenvalue weighted by Crippen LogP contribution is -2.46. The number of ether oxygens (including phenoxy) is 1. The van der Waals surface area contributed by atoms with Gasteiger partial charge in [0.15, 0.2) is 0 Å². The first-order chi connectivity index (χ1) is 10.2. The minimum atomic E-state index is -0.803. The van der Waals surface area contributed by atoms with Crippen LogP contribution in [0.1, 0.15) is 44.9 Å². The molecule has 0 aromatic carbocycles. The first-order valence-electron chi connectivity index (χ1n) is 7.79. The van der Waals surface area contributed by atoms with E-state index >= 15 is 0 Å². The molecule has 1 aliphatic rings. The fraction of sp³-hybridized carbons (Fsp3) is 0.750. The van der Waals surface area contributed by atoms with Crippen molar-refractivity contribution in [1.82, 2.24) is 15.1 Å². The van der Waals surface area contributed by atoms with Crippen molar-refractivity contribution < 1.29 is 14.6 Å². The zero-order valence-electron chi connectivity index (χ0n) is 14.0. The number of nitrogens with zero attached hydrogens (tertiary/aromatic N) is 2. The van der Waals surface area contributed by atoms with Gasteiger partial charge in [0.2, 0.25) is 0 Å². The molecule has 0 saturated carbocycles. The number of carboxylic acids is 1. The molecular weight excluding hydrogens is 282 g/mol. The number of rotatable bonds is 5. The van der Waals surface area contributed by atoms with E-state index in [0.717, 1.165) is 17.7 Å². The molecule has 6 heteroatoms.